The lowest BCUT2D eigenvalue weighted by atomic mass is 10.1. The molecule has 0 aliphatic carbocycles. The van der Waals surface area contributed by atoms with Crippen LogP contribution in [0.1, 0.15) is 5.56 Å². The number of benzene rings is 2. The molecule has 3 N–H and O–H groups in total. The zero-order valence-corrected chi connectivity index (χ0v) is 13.8. The van der Waals surface area contributed by atoms with Crippen LogP contribution in [0.4, 0.5) is 5.69 Å². The smallest absolute Gasteiger partial charge is 0.267 e. The van der Waals surface area contributed by atoms with E-state index in [1.54, 1.807) is 36.4 Å². The van der Waals surface area contributed by atoms with Gasteiger partial charge in [0.15, 0.2) is 0 Å². The number of rotatable bonds is 7. The van der Waals surface area contributed by atoms with Crippen LogP contribution in [0.15, 0.2) is 60.3 Å². The predicted molar refractivity (Wildman–Crippen MR) is 95.1 cm³/mol. The van der Waals surface area contributed by atoms with Crippen LogP contribution in [-0.4, -0.2) is 24.7 Å². The van der Waals surface area contributed by atoms with E-state index >= 15 is 0 Å². The van der Waals surface area contributed by atoms with Gasteiger partial charge in [-0.25, -0.2) is 0 Å². The summed E-state index contributed by atoms with van der Waals surface area (Å²) in [5, 5.41) is 24.0. The second-order valence-corrected chi connectivity index (χ2v) is 5.19. The second kappa shape index (κ2) is 8.99. The Morgan fingerprint density at radius 3 is 2.64 bits per heavy atom. The van der Waals surface area contributed by atoms with Gasteiger partial charge in [0.2, 0.25) is 0 Å². The lowest BCUT2D eigenvalue weighted by Gasteiger charge is -2.09. The van der Waals surface area contributed by atoms with Gasteiger partial charge in [-0.05, 0) is 36.2 Å². The SMILES string of the molecule is COc1ccccc1NC(=O)/C(C#N)=C\NCCc1ccc(O)cc1. The lowest BCUT2D eigenvalue weighted by molar-refractivity contribution is -0.112. The number of nitrogens with one attached hydrogen (secondary N) is 2. The van der Waals surface area contributed by atoms with Crippen molar-refractivity contribution in [3.8, 4) is 17.6 Å². The molecule has 0 saturated carbocycles. The van der Waals surface area contributed by atoms with Crippen molar-refractivity contribution in [2.45, 2.75) is 6.42 Å². The van der Waals surface area contributed by atoms with Gasteiger partial charge in [-0.15, -0.1) is 0 Å². The average molecular weight is 337 g/mol. The Balaban J connectivity index is 1.91. The standard InChI is InChI=1S/C19H19N3O3/c1-25-18-5-3-2-4-17(18)22-19(24)15(12-20)13-21-11-10-14-6-8-16(23)9-7-14/h2-9,13,21,23H,10-11H2,1H3,(H,22,24)/b15-13-. The van der Waals surface area contributed by atoms with E-state index < -0.39 is 5.91 Å². The summed E-state index contributed by atoms with van der Waals surface area (Å²) in [6.07, 6.45) is 2.09. The fourth-order valence-electron chi connectivity index (χ4n) is 2.14. The minimum atomic E-state index is -0.510. The quantitative estimate of drug-likeness (QED) is 0.410. The van der Waals surface area contributed by atoms with Crippen molar-refractivity contribution >= 4 is 11.6 Å². The van der Waals surface area contributed by atoms with Crippen LogP contribution in [0.3, 0.4) is 0 Å². The summed E-state index contributed by atoms with van der Waals surface area (Å²) in [4.78, 5) is 12.2. The molecule has 0 aliphatic heterocycles. The number of ether oxygens (including phenoxy) is 1. The molecule has 128 valence electrons. The van der Waals surface area contributed by atoms with Gasteiger partial charge in [-0.1, -0.05) is 24.3 Å². The first-order chi connectivity index (χ1) is 12.1. The van der Waals surface area contributed by atoms with Gasteiger partial charge in [0, 0.05) is 12.7 Å². The van der Waals surface area contributed by atoms with E-state index in [1.165, 1.54) is 13.3 Å². The number of nitrogens with zero attached hydrogens (tertiary/aromatic N) is 1. The van der Waals surface area contributed by atoms with Gasteiger partial charge < -0.3 is 20.5 Å². The first kappa shape index (κ1) is 17.9. The van der Waals surface area contributed by atoms with E-state index in [9.17, 15) is 9.90 Å². The van der Waals surface area contributed by atoms with Gasteiger partial charge in [0.25, 0.3) is 5.91 Å². The van der Waals surface area contributed by atoms with E-state index in [0.717, 1.165) is 5.56 Å². The highest BCUT2D eigenvalue weighted by atomic mass is 16.5. The van der Waals surface area contributed by atoms with Crippen LogP contribution < -0.4 is 15.4 Å². The molecule has 2 aromatic rings. The zero-order chi connectivity index (χ0) is 18.1. The van der Waals surface area contributed by atoms with Crippen LogP contribution in [0.2, 0.25) is 0 Å². The summed E-state index contributed by atoms with van der Waals surface area (Å²) in [7, 11) is 1.51. The molecule has 0 aromatic heterocycles. The van der Waals surface area contributed by atoms with Crippen LogP contribution in [0, 0.1) is 11.3 Å². The largest absolute Gasteiger partial charge is 0.508 e. The first-order valence-electron chi connectivity index (χ1n) is 7.70. The number of aromatic hydroxyl groups is 1. The molecule has 2 aromatic carbocycles. The Labute approximate surface area is 146 Å². The van der Waals surface area contributed by atoms with Gasteiger partial charge >= 0.3 is 0 Å². The number of amides is 1. The second-order valence-electron chi connectivity index (χ2n) is 5.19. The number of methoxy groups -OCH3 is 1. The lowest BCUT2D eigenvalue weighted by Crippen LogP contribution is -2.18. The molecular weight excluding hydrogens is 318 g/mol. The number of hydrogen-bond acceptors (Lipinski definition) is 5. The monoisotopic (exact) mass is 337 g/mol. The normalized spacial score (nSPS) is 10.6. The minimum Gasteiger partial charge on any atom is -0.508 e. The van der Waals surface area contributed by atoms with E-state index in [1.807, 2.05) is 18.2 Å². The van der Waals surface area contributed by atoms with Crippen LogP contribution in [0.25, 0.3) is 0 Å². The molecule has 0 radical (unpaired) electrons. The molecule has 6 nitrogen and oxygen atoms in total. The Hall–Kier alpha value is -3.46. The Kier molecular flexibility index (Phi) is 6.43. The maximum absolute atomic E-state index is 12.2. The van der Waals surface area contributed by atoms with E-state index in [-0.39, 0.29) is 11.3 Å². The molecule has 2 rings (SSSR count). The van der Waals surface area contributed by atoms with Gasteiger partial charge in [-0.2, -0.15) is 5.26 Å². The van der Waals surface area contributed by atoms with E-state index in [2.05, 4.69) is 10.6 Å². The number of hydrogen-bond donors (Lipinski definition) is 3. The maximum atomic E-state index is 12.2. The molecule has 25 heavy (non-hydrogen) atoms. The summed E-state index contributed by atoms with van der Waals surface area (Å²) in [6.45, 7) is 0.553. The molecule has 6 heteroatoms. The number of phenols is 1. The summed E-state index contributed by atoms with van der Waals surface area (Å²) in [6, 6.07) is 15.7. The van der Waals surface area contributed by atoms with Gasteiger partial charge in [-0.3, -0.25) is 4.79 Å². The van der Waals surface area contributed by atoms with Crippen molar-refractivity contribution < 1.29 is 14.6 Å². The third kappa shape index (κ3) is 5.29. The molecule has 0 fully saturated rings. The third-order valence-corrected chi connectivity index (χ3v) is 3.46. The summed E-state index contributed by atoms with van der Waals surface area (Å²) in [5.41, 5.74) is 1.51. The number of anilines is 1. The number of carbonyl (C=O) groups is 1. The molecule has 0 saturated heterocycles. The predicted octanol–water partition coefficient (Wildman–Crippen LogP) is 2.58. The van der Waals surface area contributed by atoms with Crippen molar-refractivity contribution in [3.05, 3.63) is 65.9 Å². The molecule has 1 amide bonds. The van der Waals surface area contributed by atoms with Crippen LogP contribution >= 0.6 is 0 Å². The molecule has 0 aliphatic rings. The summed E-state index contributed by atoms with van der Waals surface area (Å²) in [5.74, 6) is 0.231. The van der Waals surface area contributed by atoms with E-state index in [0.29, 0.717) is 24.4 Å². The van der Waals surface area contributed by atoms with Gasteiger partial charge in [0.05, 0.1) is 12.8 Å². The van der Waals surface area contributed by atoms with Gasteiger partial charge in [0.1, 0.15) is 23.1 Å². The zero-order valence-electron chi connectivity index (χ0n) is 13.8. The molecule has 0 atom stereocenters. The fraction of sp³-hybridized carbons (Fsp3) is 0.158. The van der Waals surface area contributed by atoms with Crippen LogP contribution in [0.5, 0.6) is 11.5 Å². The first-order valence-corrected chi connectivity index (χ1v) is 7.70. The van der Waals surface area contributed by atoms with Crippen molar-refractivity contribution in [1.82, 2.24) is 5.32 Å². The molecule has 0 spiro atoms. The maximum Gasteiger partial charge on any atom is 0.267 e. The van der Waals surface area contributed by atoms with Crippen molar-refractivity contribution in [2.75, 3.05) is 19.0 Å². The Morgan fingerprint density at radius 2 is 1.96 bits per heavy atom. The molecular formula is C19H19N3O3. The third-order valence-electron chi connectivity index (χ3n) is 3.46. The topological polar surface area (TPSA) is 94.4 Å². The number of carbonyl (C=O) groups excluding carboxylic acids is 1. The number of para-hydroxylation sites is 2. The van der Waals surface area contributed by atoms with Crippen molar-refractivity contribution in [2.24, 2.45) is 0 Å². The Morgan fingerprint density at radius 1 is 1.24 bits per heavy atom. The van der Waals surface area contributed by atoms with Crippen molar-refractivity contribution in [3.63, 3.8) is 0 Å². The fourth-order valence-corrected chi connectivity index (χ4v) is 2.14. The van der Waals surface area contributed by atoms with E-state index in [4.69, 9.17) is 10.00 Å². The van der Waals surface area contributed by atoms with Crippen LogP contribution in [-0.2, 0) is 11.2 Å². The minimum absolute atomic E-state index is 0.0309. The number of phenolic OH excluding ortho intramolecular Hbond substituents is 1. The summed E-state index contributed by atoms with van der Waals surface area (Å²) >= 11 is 0. The average Bonchev–Trinajstić information content (AvgIpc) is 2.63. The van der Waals surface area contributed by atoms with Crippen molar-refractivity contribution in [1.29, 1.82) is 5.26 Å². The highest BCUT2D eigenvalue weighted by molar-refractivity contribution is 6.07. The molecule has 0 heterocycles. The molecule has 0 bridgehead atoms. The highest BCUT2D eigenvalue weighted by Gasteiger charge is 2.11. The Bertz CT molecular complexity index is 792. The highest BCUT2D eigenvalue weighted by Crippen LogP contribution is 2.23. The molecule has 0 unspecified atom stereocenters. The number of nitriles is 1. The summed E-state index contributed by atoms with van der Waals surface area (Å²) < 4.78 is 5.16.